The molecular weight excluding hydrogens is 200 g/mol. The van der Waals surface area contributed by atoms with E-state index < -0.39 is 0 Å². The Labute approximate surface area is 94.8 Å². The van der Waals surface area contributed by atoms with Gasteiger partial charge in [0.2, 0.25) is 0 Å². The summed E-state index contributed by atoms with van der Waals surface area (Å²) in [6, 6.07) is 14.5. The van der Waals surface area contributed by atoms with E-state index in [4.69, 9.17) is 9.47 Å². The Balaban J connectivity index is 2.09. The van der Waals surface area contributed by atoms with E-state index in [1.807, 2.05) is 25.1 Å². The molecule has 2 nitrogen and oxygen atoms in total. The van der Waals surface area contributed by atoms with Gasteiger partial charge in [0.05, 0.1) is 12.7 Å². The molecule has 2 aromatic rings. The minimum absolute atomic E-state index is 0.184. The second-order valence-electron chi connectivity index (χ2n) is 4.18. The maximum absolute atomic E-state index is 5.73. The SMILES string of the molecule is C[C@H]1CO[C@H](c2cccc3ccccc23)O1. The van der Waals surface area contributed by atoms with Crippen molar-refractivity contribution in [3.8, 4) is 0 Å². The van der Waals surface area contributed by atoms with Gasteiger partial charge < -0.3 is 9.47 Å². The van der Waals surface area contributed by atoms with Gasteiger partial charge in [-0.3, -0.25) is 0 Å². The summed E-state index contributed by atoms with van der Waals surface area (Å²) >= 11 is 0. The van der Waals surface area contributed by atoms with Gasteiger partial charge in [0, 0.05) is 5.56 Å². The summed E-state index contributed by atoms with van der Waals surface area (Å²) in [5, 5.41) is 2.44. The second kappa shape index (κ2) is 3.89. The zero-order chi connectivity index (χ0) is 11.0. The van der Waals surface area contributed by atoms with Crippen LogP contribution in [0, 0.1) is 0 Å². The molecule has 1 fully saturated rings. The first-order valence-electron chi connectivity index (χ1n) is 5.59. The highest BCUT2D eigenvalue weighted by atomic mass is 16.7. The summed E-state index contributed by atoms with van der Waals surface area (Å²) in [4.78, 5) is 0. The standard InChI is InChI=1S/C14H14O2/c1-10-9-15-14(16-10)13-8-4-6-11-5-2-3-7-12(11)13/h2-8,10,14H,9H2,1H3/t10-,14-/m0/s1. The minimum Gasteiger partial charge on any atom is -0.346 e. The van der Waals surface area contributed by atoms with Gasteiger partial charge in [0.25, 0.3) is 0 Å². The van der Waals surface area contributed by atoms with E-state index in [1.165, 1.54) is 10.8 Å². The fourth-order valence-electron chi connectivity index (χ4n) is 2.13. The minimum atomic E-state index is -0.207. The number of fused-ring (bicyclic) bond motifs is 1. The molecule has 0 aliphatic carbocycles. The molecule has 0 saturated carbocycles. The summed E-state index contributed by atoms with van der Waals surface area (Å²) in [5.74, 6) is 0. The molecule has 1 aliphatic heterocycles. The van der Waals surface area contributed by atoms with Crippen LogP contribution < -0.4 is 0 Å². The summed E-state index contributed by atoms with van der Waals surface area (Å²) in [7, 11) is 0. The van der Waals surface area contributed by atoms with E-state index >= 15 is 0 Å². The molecule has 1 saturated heterocycles. The number of hydrogen-bond acceptors (Lipinski definition) is 2. The van der Waals surface area contributed by atoms with Crippen molar-refractivity contribution in [3.05, 3.63) is 48.0 Å². The van der Waals surface area contributed by atoms with E-state index in [9.17, 15) is 0 Å². The largest absolute Gasteiger partial charge is 0.346 e. The molecule has 2 heteroatoms. The quantitative estimate of drug-likeness (QED) is 0.725. The highest BCUT2D eigenvalue weighted by molar-refractivity contribution is 5.85. The maximum Gasteiger partial charge on any atom is 0.184 e. The van der Waals surface area contributed by atoms with Crippen LogP contribution in [0.3, 0.4) is 0 Å². The van der Waals surface area contributed by atoms with Crippen LogP contribution in [0.15, 0.2) is 42.5 Å². The lowest BCUT2D eigenvalue weighted by Gasteiger charge is -2.12. The highest BCUT2D eigenvalue weighted by Crippen LogP contribution is 2.31. The van der Waals surface area contributed by atoms with Crippen molar-refractivity contribution in [1.29, 1.82) is 0 Å². The molecule has 0 N–H and O–H groups in total. The molecule has 2 aromatic carbocycles. The molecule has 82 valence electrons. The number of benzene rings is 2. The van der Waals surface area contributed by atoms with Gasteiger partial charge in [-0.1, -0.05) is 42.5 Å². The molecule has 2 atom stereocenters. The molecular formula is C14H14O2. The summed E-state index contributed by atoms with van der Waals surface area (Å²) in [6.45, 7) is 2.71. The molecule has 0 spiro atoms. The van der Waals surface area contributed by atoms with Crippen molar-refractivity contribution in [1.82, 2.24) is 0 Å². The smallest absolute Gasteiger partial charge is 0.184 e. The monoisotopic (exact) mass is 214 g/mol. The van der Waals surface area contributed by atoms with Crippen molar-refractivity contribution in [2.45, 2.75) is 19.3 Å². The van der Waals surface area contributed by atoms with Crippen LogP contribution in [0.5, 0.6) is 0 Å². The van der Waals surface area contributed by atoms with Crippen LogP contribution in [0.4, 0.5) is 0 Å². The Kier molecular flexibility index (Phi) is 2.39. The van der Waals surface area contributed by atoms with E-state index in [0.717, 1.165) is 5.56 Å². The van der Waals surface area contributed by atoms with Gasteiger partial charge in [-0.15, -0.1) is 0 Å². The fraction of sp³-hybridized carbons (Fsp3) is 0.286. The summed E-state index contributed by atoms with van der Waals surface area (Å²) in [6.07, 6.45) is -0.0231. The normalized spacial score (nSPS) is 25.1. The first-order chi connectivity index (χ1) is 7.84. The van der Waals surface area contributed by atoms with Gasteiger partial charge in [0.1, 0.15) is 0 Å². The topological polar surface area (TPSA) is 18.5 Å². The van der Waals surface area contributed by atoms with Crippen molar-refractivity contribution in [2.75, 3.05) is 6.61 Å². The van der Waals surface area contributed by atoms with Crippen molar-refractivity contribution in [2.24, 2.45) is 0 Å². The van der Waals surface area contributed by atoms with E-state index in [-0.39, 0.29) is 12.4 Å². The number of hydrogen-bond donors (Lipinski definition) is 0. The maximum atomic E-state index is 5.73. The Bertz CT molecular complexity index is 502. The molecule has 16 heavy (non-hydrogen) atoms. The number of ether oxygens (including phenoxy) is 2. The molecule has 1 aliphatic rings. The lowest BCUT2D eigenvalue weighted by Crippen LogP contribution is -2.03. The molecule has 0 radical (unpaired) electrons. The first kappa shape index (κ1) is 9.82. The summed E-state index contributed by atoms with van der Waals surface area (Å²) in [5.41, 5.74) is 1.13. The second-order valence-corrected chi connectivity index (χ2v) is 4.18. The van der Waals surface area contributed by atoms with Crippen LogP contribution in [0.2, 0.25) is 0 Å². The third-order valence-corrected chi connectivity index (χ3v) is 2.92. The third kappa shape index (κ3) is 1.60. The van der Waals surface area contributed by atoms with Gasteiger partial charge in [-0.2, -0.15) is 0 Å². The Hall–Kier alpha value is -1.38. The zero-order valence-corrected chi connectivity index (χ0v) is 9.22. The van der Waals surface area contributed by atoms with Crippen LogP contribution in [-0.2, 0) is 9.47 Å². The zero-order valence-electron chi connectivity index (χ0n) is 9.22. The Morgan fingerprint density at radius 3 is 2.69 bits per heavy atom. The van der Waals surface area contributed by atoms with Crippen molar-refractivity contribution < 1.29 is 9.47 Å². The summed E-state index contributed by atoms with van der Waals surface area (Å²) < 4.78 is 11.4. The lowest BCUT2D eigenvalue weighted by molar-refractivity contribution is -0.0561. The van der Waals surface area contributed by atoms with Crippen LogP contribution in [0.1, 0.15) is 18.8 Å². The number of rotatable bonds is 1. The lowest BCUT2D eigenvalue weighted by atomic mass is 10.0. The highest BCUT2D eigenvalue weighted by Gasteiger charge is 2.25. The van der Waals surface area contributed by atoms with Gasteiger partial charge in [0.15, 0.2) is 6.29 Å². The Morgan fingerprint density at radius 2 is 1.88 bits per heavy atom. The first-order valence-corrected chi connectivity index (χ1v) is 5.59. The van der Waals surface area contributed by atoms with Crippen molar-refractivity contribution in [3.63, 3.8) is 0 Å². The predicted octanol–water partition coefficient (Wildman–Crippen LogP) is 3.27. The fourth-order valence-corrected chi connectivity index (χ4v) is 2.13. The van der Waals surface area contributed by atoms with Gasteiger partial charge in [-0.25, -0.2) is 0 Å². The van der Waals surface area contributed by atoms with E-state index in [2.05, 4.69) is 24.3 Å². The Morgan fingerprint density at radius 1 is 1.06 bits per heavy atom. The average molecular weight is 214 g/mol. The molecule has 0 amide bonds. The average Bonchev–Trinajstić information content (AvgIpc) is 2.75. The third-order valence-electron chi connectivity index (χ3n) is 2.92. The van der Waals surface area contributed by atoms with E-state index in [0.29, 0.717) is 6.61 Å². The van der Waals surface area contributed by atoms with Crippen molar-refractivity contribution >= 4 is 10.8 Å². The molecule has 0 bridgehead atoms. The van der Waals surface area contributed by atoms with E-state index in [1.54, 1.807) is 0 Å². The molecule has 0 unspecified atom stereocenters. The van der Waals surface area contributed by atoms with Gasteiger partial charge in [-0.05, 0) is 17.7 Å². The molecule has 3 rings (SSSR count). The van der Waals surface area contributed by atoms with Crippen LogP contribution >= 0.6 is 0 Å². The van der Waals surface area contributed by atoms with Crippen LogP contribution in [-0.4, -0.2) is 12.7 Å². The predicted molar refractivity (Wildman–Crippen MR) is 63.2 cm³/mol. The molecule has 1 heterocycles. The van der Waals surface area contributed by atoms with Gasteiger partial charge >= 0.3 is 0 Å². The molecule has 0 aromatic heterocycles. The van der Waals surface area contributed by atoms with Crippen LogP contribution in [0.25, 0.3) is 10.8 Å².